The number of benzene rings is 1. The molecule has 0 aliphatic heterocycles. The smallest absolute Gasteiger partial charge is 0.257 e. The summed E-state index contributed by atoms with van der Waals surface area (Å²) in [5.74, 6) is -2.10. The predicted octanol–water partition coefficient (Wildman–Crippen LogP) is 4.27. The van der Waals surface area contributed by atoms with Crippen LogP contribution in [0.4, 0.5) is 8.78 Å². The highest BCUT2D eigenvalue weighted by Gasteiger charge is 2.21. The van der Waals surface area contributed by atoms with Gasteiger partial charge in [0.1, 0.15) is 17.2 Å². The summed E-state index contributed by atoms with van der Waals surface area (Å²) in [5, 5.41) is 3.17. The zero-order chi connectivity index (χ0) is 14.6. The fraction of sp³-hybridized carbons (Fsp3) is 0.462. The minimum absolute atomic E-state index is 0.157. The second-order valence-corrected chi connectivity index (χ2v) is 6.26. The van der Waals surface area contributed by atoms with Crippen LogP contribution in [0.3, 0.4) is 0 Å². The maximum absolute atomic E-state index is 13.6. The van der Waals surface area contributed by atoms with E-state index in [1.165, 1.54) is 0 Å². The van der Waals surface area contributed by atoms with Gasteiger partial charge in [-0.05, 0) is 24.5 Å². The van der Waals surface area contributed by atoms with Crippen molar-refractivity contribution in [1.82, 2.24) is 5.32 Å². The summed E-state index contributed by atoms with van der Waals surface area (Å²) in [6, 6.07) is 1.99. The normalized spacial score (nSPS) is 12.6. The van der Waals surface area contributed by atoms with Crippen molar-refractivity contribution < 1.29 is 13.6 Å². The van der Waals surface area contributed by atoms with Gasteiger partial charge in [0.05, 0.1) is 0 Å². The lowest BCUT2D eigenvalue weighted by atomic mass is 10.0. The van der Waals surface area contributed by atoms with Crippen molar-refractivity contribution >= 4 is 37.8 Å². The van der Waals surface area contributed by atoms with Crippen LogP contribution in [-0.4, -0.2) is 17.3 Å². The number of nitrogens with one attached hydrogen (secondary N) is 1. The molecule has 0 bridgehead atoms. The van der Waals surface area contributed by atoms with Gasteiger partial charge in [-0.3, -0.25) is 4.79 Å². The highest BCUT2D eigenvalue weighted by atomic mass is 79.9. The Labute approximate surface area is 128 Å². The Balaban J connectivity index is 2.89. The summed E-state index contributed by atoms with van der Waals surface area (Å²) in [4.78, 5) is 11.9. The molecule has 1 unspecified atom stereocenters. The van der Waals surface area contributed by atoms with E-state index in [1.54, 1.807) is 0 Å². The zero-order valence-electron chi connectivity index (χ0n) is 10.6. The first-order chi connectivity index (χ1) is 8.85. The van der Waals surface area contributed by atoms with Crippen LogP contribution in [0.2, 0.25) is 0 Å². The number of hydrogen-bond donors (Lipinski definition) is 1. The summed E-state index contributed by atoms with van der Waals surface area (Å²) in [6.07, 6.45) is 0.733. The molecule has 1 aromatic rings. The van der Waals surface area contributed by atoms with Gasteiger partial charge in [0, 0.05) is 15.8 Å². The number of halogens is 4. The molecule has 0 spiro atoms. The van der Waals surface area contributed by atoms with Crippen LogP contribution >= 0.6 is 31.9 Å². The molecule has 1 aromatic carbocycles. The van der Waals surface area contributed by atoms with Gasteiger partial charge in [-0.25, -0.2) is 8.78 Å². The Bertz CT molecular complexity index is 443. The van der Waals surface area contributed by atoms with Crippen molar-refractivity contribution in [3.8, 4) is 0 Å². The van der Waals surface area contributed by atoms with E-state index in [0.717, 1.165) is 18.6 Å². The third-order valence-corrected chi connectivity index (χ3v) is 3.75. The summed E-state index contributed by atoms with van der Waals surface area (Å²) in [6.45, 7) is 4.03. The van der Waals surface area contributed by atoms with Gasteiger partial charge in [0.15, 0.2) is 0 Å². The summed E-state index contributed by atoms with van der Waals surface area (Å²) in [5.41, 5.74) is -0.544. The molecule has 0 saturated heterocycles. The van der Waals surface area contributed by atoms with Crippen LogP contribution in [0.1, 0.15) is 30.6 Å². The largest absolute Gasteiger partial charge is 0.348 e. The third kappa shape index (κ3) is 4.84. The quantitative estimate of drug-likeness (QED) is 0.737. The second kappa shape index (κ2) is 7.33. The first-order valence-electron chi connectivity index (χ1n) is 5.86. The Kier molecular flexibility index (Phi) is 6.39. The van der Waals surface area contributed by atoms with Gasteiger partial charge in [-0.15, -0.1) is 0 Å². The zero-order valence-corrected chi connectivity index (χ0v) is 13.8. The van der Waals surface area contributed by atoms with Crippen molar-refractivity contribution in [1.29, 1.82) is 0 Å². The van der Waals surface area contributed by atoms with Crippen LogP contribution in [0, 0.1) is 17.6 Å². The molecular formula is C13H15Br2F2NO. The minimum Gasteiger partial charge on any atom is -0.348 e. The molecule has 0 radical (unpaired) electrons. The lowest BCUT2D eigenvalue weighted by molar-refractivity contribution is 0.0928. The monoisotopic (exact) mass is 397 g/mol. The third-order valence-electron chi connectivity index (χ3n) is 2.51. The maximum atomic E-state index is 13.6. The first kappa shape index (κ1) is 16.6. The van der Waals surface area contributed by atoms with Crippen LogP contribution in [0.5, 0.6) is 0 Å². The molecular weight excluding hydrogens is 384 g/mol. The first-order valence-corrected chi connectivity index (χ1v) is 7.78. The van der Waals surface area contributed by atoms with Gasteiger partial charge < -0.3 is 5.32 Å². The molecule has 0 heterocycles. The number of alkyl halides is 1. The molecule has 0 aliphatic carbocycles. The molecule has 106 valence electrons. The highest BCUT2D eigenvalue weighted by Crippen LogP contribution is 2.20. The van der Waals surface area contributed by atoms with Gasteiger partial charge in [0.25, 0.3) is 5.91 Å². The van der Waals surface area contributed by atoms with E-state index in [2.05, 4.69) is 37.2 Å². The van der Waals surface area contributed by atoms with Crippen molar-refractivity contribution in [2.24, 2.45) is 5.92 Å². The lowest BCUT2D eigenvalue weighted by Gasteiger charge is -2.18. The average Bonchev–Trinajstić information content (AvgIpc) is 2.25. The molecule has 1 atom stereocenters. The summed E-state index contributed by atoms with van der Waals surface area (Å²) < 4.78 is 27.5. The van der Waals surface area contributed by atoms with E-state index in [4.69, 9.17) is 0 Å². The Hall–Kier alpha value is -0.490. The van der Waals surface area contributed by atoms with E-state index in [0.29, 0.717) is 11.2 Å². The number of rotatable bonds is 5. The standard InChI is InChI=1S/C13H15Br2F2NO/c1-7(2)3-9(6-14)18-13(19)12-10(16)4-8(15)5-11(12)17/h4-5,7,9H,3,6H2,1-2H3,(H,18,19). The number of carbonyl (C=O) groups excluding carboxylic acids is 1. The van der Waals surface area contributed by atoms with E-state index in [-0.39, 0.29) is 10.5 Å². The predicted molar refractivity (Wildman–Crippen MR) is 78.6 cm³/mol. The van der Waals surface area contributed by atoms with E-state index in [9.17, 15) is 13.6 Å². The van der Waals surface area contributed by atoms with Crippen LogP contribution in [0.25, 0.3) is 0 Å². The lowest BCUT2D eigenvalue weighted by Crippen LogP contribution is -2.37. The van der Waals surface area contributed by atoms with Crippen LogP contribution < -0.4 is 5.32 Å². The summed E-state index contributed by atoms with van der Waals surface area (Å²) in [7, 11) is 0. The van der Waals surface area contributed by atoms with Crippen LogP contribution in [0.15, 0.2) is 16.6 Å². The van der Waals surface area contributed by atoms with Crippen molar-refractivity contribution in [3.05, 3.63) is 33.8 Å². The fourth-order valence-electron chi connectivity index (χ4n) is 1.75. The SMILES string of the molecule is CC(C)CC(CBr)NC(=O)c1c(F)cc(Br)cc1F. The van der Waals surface area contributed by atoms with Gasteiger partial charge >= 0.3 is 0 Å². The fourth-order valence-corrected chi connectivity index (χ4v) is 2.57. The Morgan fingerprint density at radius 3 is 2.26 bits per heavy atom. The molecule has 6 heteroatoms. The van der Waals surface area contributed by atoms with Gasteiger partial charge in [-0.2, -0.15) is 0 Å². The molecule has 1 N–H and O–H groups in total. The number of hydrogen-bond acceptors (Lipinski definition) is 1. The van der Waals surface area contributed by atoms with E-state index in [1.807, 2.05) is 13.8 Å². The molecule has 0 aromatic heterocycles. The number of carbonyl (C=O) groups is 1. The topological polar surface area (TPSA) is 29.1 Å². The van der Waals surface area contributed by atoms with Crippen LogP contribution in [-0.2, 0) is 0 Å². The molecule has 0 fully saturated rings. The highest BCUT2D eigenvalue weighted by molar-refractivity contribution is 9.10. The molecule has 1 amide bonds. The average molecular weight is 399 g/mol. The second-order valence-electron chi connectivity index (χ2n) is 4.70. The van der Waals surface area contributed by atoms with Gasteiger partial charge in [0.2, 0.25) is 0 Å². The van der Waals surface area contributed by atoms with E-state index >= 15 is 0 Å². The van der Waals surface area contributed by atoms with E-state index < -0.39 is 23.1 Å². The molecule has 0 aliphatic rings. The molecule has 1 rings (SSSR count). The maximum Gasteiger partial charge on any atom is 0.257 e. The Morgan fingerprint density at radius 2 is 1.84 bits per heavy atom. The van der Waals surface area contributed by atoms with Crippen molar-refractivity contribution in [2.75, 3.05) is 5.33 Å². The van der Waals surface area contributed by atoms with Gasteiger partial charge in [-0.1, -0.05) is 45.7 Å². The summed E-state index contributed by atoms with van der Waals surface area (Å²) >= 11 is 6.26. The molecule has 2 nitrogen and oxygen atoms in total. The molecule has 19 heavy (non-hydrogen) atoms. The number of amides is 1. The molecule has 0 saturated carbocycles. The minimum atomic E-state index is -0.873. The van der Waals surface area contributed by atoms with Crippen molar-refractivity contribution in [2.45, 2.75) is 26.3 Å². The Morgan fingerprint density at radius 1 is 1.32 bits per heavy atom. The van der Waals surface area contributed by atoms with Crippen molar-refractivity contribution in [3.63, 3.8) is 0 Å².